The molecular weight excluding hydrogens is 274 g/mol. The molecule has 1 unspecified atom stereocenters. The number of carboxylic acids is 3. The van der Waals surface area contributed by atoms with Gasteiger partial charge in [0, 0.05) is 6.54 Å². The summed E-state index contributed by atoms with van der Waals surface area (Å²) in [6.07, 6.45) is 0.247. The van der Waals surface area contributed by atoms with Gasteiger partial charge >= 0.3 is 23.9 Å². The Morgan fingerprint density at radius 1 is 1.00 bits per heavy atom. The molecule has 0 radical (unpaired) electrons. The average molecular weight is 293 g/mol. The first-order valence-electron chi connectivity index (χ1n) is 5.62. The fourth-order valence-corrected chi connectivity index (χ4v) is 0.871. The van der Waals surface area contributed by atoms with E-state index in [1.807, 2.05) is 0 Å². The number of nitrogens with two attached hydrogens (primary N) is 2. The van der Waals surface area contributed by atoms with Gasteiger partial charge in [0.05, 0.1) is 12.8 Å². The van der Waals surface area contributed by atoms with Crippen LogP contribution in [0.3, 0.4) is 0 Å². The smallest absolute Gasteiger partial charge is 0.320 e. The Hall–Kier alpha value is -2.36. The normalized spacial score (nSPS) is 10.7. The quantitative estimate of drug-likeness (QED) is 0.300. The molecule has 0 aliphatic heterocycles. The highest BCUT2D eigenvalue weighted by atomic mass is 16.4. The molecule has 0 aromatic rings. The molecule has 10 nitrogen and oxygen atoms in total. The van der Waals surface area contributed by atoms with Crippen molar-refractivity contribution in [3.8, 4) is 0 Å². The van der Waals surface area contributed by atoms with Crippen molar-refractivity contribution in [2.24, 2.45) is 11.5 Å². The number of carboxylic acid groups (broad SMARTS) is 3. The maximum absolute atomic E-state index is 10.2. The van der Waals surface area contributed by atoms with Crippen LogP contribution < -0.4 is 16.8 Å². The predicted octanol–water partition coefficient (Wildman–Crippen LogP) is -1.22. The van der Waals surface area contributed by atoms with E-state index in [2.05, 4.69) is 5.32 Å². The molecule has 0 aliphatic rings. The lowest BCUT2D eigenvalue weighted by Gasteiger charge is -2.05. The van der Waals surface area contributed by atoms with Crippen LogP contribution in [0.15, 0.2) is 0 Å². The van der Waals surface area contributed by atoms with E-state index in [1.54, 1.807) is 0 Å². The van der Waals surface area contributed by atoms with Gasteiger partial charge in [-0.2, -0.15) is 0 Å². The number of carbonyl (C=O) groups is 4. The SMILES string of the molecule is NC(=O)NCCCC(N)C(=O)O.O=C(O)CCC(=O)O. The lowest BCUT2D eigenvalue weighted by molar-refractivity contribution is -0.143. The molecule has 116 valence electrons. The van der Waals surface area contributed by atoms with Crippen molar-refractivity contribution in [2.45, 2.75) is 31.7 Å². The van der Waals surface area contributed by atoms with E-state index in [0.717, 1.165) is 0 Å². The molecule has 8 N–H and O–H groups in total. The molecule has 0 saturated carbocycles. The van der Waals surface area contributed by atoms with Crippen LogP contribution in [0, 0.1) is 0 Å². The molecule has 0 aromatic heterocycles. The Morgan fingerprint density at radius 2 is 1.45 bits per heavy atom. The van der Waals surface area contributed by atoms with Gasteiger partial charge < -0.3 is 32.1 Å². The molecule has 0 fully saturated rings. The second-order valence-electron chi connectivity index (χ2n) is 3.67. The van der Waals surface area contributed by atoms with Gasteiger partial charge in [-0.05, 0) is 12.8 Å². The Bertz CT molecular complexity index is 332. The van der Waals surface area contributed by atoms with Crippen molar-refractivity contribution in [1.29, 1.82) is 0 Å². The molecule has 0 aliphatic carbocycles. The summed E-state index contributed by atoms with van der Waals surface area (Å²) in [6.45, 7) is 0.357. The average Bonchev–Trinajstić information content (AvgIpc) is 2.32. The van der Waals surface area contributed by atoms with Crippen molar-refractivity contribution >= 4 is 23.9 Å². The highest BCUT2D eigenvalue weighted by Crippen LogP contribution is 1.92. The van der Waals surface area contributed by atoms with E-state index in [4.69, 9.17) is 26.8 Å². The summed E-state index contributed by atoms with van der Waals surface area (Å²) in [7, 11) is 0. The van der Waals surface area contributed by atoms with E-state index in [1.165, 1.54) is 0 Å². The predicted molar refractivity (Wildman–Crippen MR) is 66.9 cm³/mol. The highest BCUT2D eigenvalue weighted by Gasteiger charge is 2.09. The van der Waals surface area contributed by atoms with E-state index >= 15 is 0 Å². The number of hydrogen-bond acceptors (Lipinski definition) is 5. The van der Waals surface area contributed by atoms with Gasteiger partial charge in [0.1, 0.15) is 6.04 Å². The van der Waals surface area contributed by atoms with Gasteiger partial charge in [-0.3, -0.25) is 14.4 Å². The van der Waals surface area contributed by atoms with Crippen LogP contribution in [0.2, 0.25) is 0 Å². The van der Waals surface area contributed by atoms with Crippen LogP contribution in [0.4, 0.5) is 4.79 Å². The molecule has 0 aromatic carbocycles. The number of nitrogens with one attached hydrogen (secondary N) is 1. The lowest BCUT2D eigenvalue weighted by Crippen LogP contribution is -2.33. The Labute approximate surface area is 114 Å². The van der Waals surface area contributed by atoms with Crippen LogP contribution in [0.5, 0.6) is 0 Å². The summed E-state index contributed by atoms with van der Waals surface area (Å²) in [5.41, 5.74) is 9.96. The zero-order valence-electron chi connectivity index (χ0n) is 10.7. The molecule has 0 rings (SSSR count). The zero-order valence-corrected chi connectivity index (χ0v) is 10.7. The van der Waals surface area contributed by atoms with Crippen LogP contribution >= 0.6 is 0 Å². The van der Waals surface area contributed by atoms with Crippen molar-refractivity contribution in [3.05, 3.63) is 0 Å². The minimum absolute atomic E-state index is 0.296. The van der Waals surface area contributed by atoms with Crippen molar-refractivity contribution < 1.29 is 34.5 Å². The van der Waals surface area contributed by atoms with E-state index in [0.29, 0.717) is 19.4 Å². The number of aliphatic carboxylic acids is 3. The highest BCUT2D eigenvalue weighted by molar-refractivity contribution is 5.75. The third kappa shape index (κ3) is 18.0. The van der Waals surface area contributed by atoms with Crippen LogP contribution in [0.25, 0.3) is 0 Å². The molecule has 0 bridgehead atoms. The monoisotopic (exact) mass is 293 g/mol. The second-order valence-corrected chi connectivity index (χ2v) is 3.67. The van der Waals surface area contributed by atoms with Crippen molar-refractivity contribution in [2.75, 3.05) is 6.54 Å². The molecule has 10 heteroatoms. The van der Waals surface area contributed by atoms with Crippen LogP contribution in [-0.4, -0.2) is 51.8 Å². The number of rotatable bonds is 8. The Morgan fingerprint density at radius 3 is 1.75 bits per heavy atom. The summed E-state index contributed by atoms with van der Waals surface area (Å²) < 4.78 is 0. The van der Waals surface area contributed by atoms with E-state index < -0.39 is 30.0 Å². The standard InChI is InChI=1S/C6H13N3O3.C4H6O4/c7-4(5(10)11)2-1-3-9-6(8)12;5-3(6)1-2-4(7)8/h4H,1-3,7H2,(H,10,11)(H3,8,9,12);1-2H2,(H,5,6)(H,7,8). The van der Waals surface area contributed by atoms with Gasteiger partial charge in [-0.1, -0.05) is 0 Å². The summed E-state index contributed by atoms with van der Waals surface area (Å²) in [6, 6.07) is -1.47. The molecule has 20 heavy (non-hydrogen) atoms. The number of hydrogen-bond donors (Lipinski definition) is 6. The largest absolute Gasteiger partial charge is 0.481 e. The number of carbonyl (C=O) groups excluding carboxylic acids is 1. The summed E-state index contributed by atoms with van der Waals surface area (Å²) >= 11 is 0. The fraction of sp³-hybridized carbons (Fsp3) is 0.600. The van der Waals surface area contributed by atoms with Gasteiger partial charge in [0.15, 0.2) is 0 Å². The number of primary amides is 1. The first-order chi connectivity index (χ1) is 9.16. The summed E-state index contributed by atoms with van der Waals surface area (Å²) in [4.78, 5) is 39.6. The lowest BCUT2D eigenvalue weighted by atomic mass is 10.2. The zero-order chi connectivity index (χ0) is 16.1. The second kappa shape index (κ2) is 11.7. The van der Waals surface area contributed by atoms with Gasteiger partial charge in [0.2, 0.25) is 0 Å². The van der Waals surface area contributed by atoms with E-state index in [9.17, 15) is 19.2 Å². The fourth-order valence-electron chi connectivity index (χ4n) is 0.871. The van der Waals surface area contributed by atoms with Crippen molar-refractivity contribution in [1.82, 2.24) is 5.32 Å². The molecular formula is C10H19N3O7. The first-order valence-corrected chi connectivity index (χ1v) is 5.62. The van der Waals surface area contributed by atoms with Crippen molar-refractivity contribution in [3.63, 3.8) is 0 Å². The maximum atomic E-state index is 10.2. The summed E-state index contributed by atoms with van der Waals surface area (Å²) in [5, 5.41) is 26.5. The minimum Gasteiger partial charge on any atom is -0.481 e. The minimum atomic E-state index is -1.08. The topological polar surface area (TPSA) is 193 Å². The molecule has 0 heterocycles. The molecule has 2 amide bonds. The van der Waals surface area contributed by atoms with Gasteiger partial charge in [0.25, 0.3) is 0 Å². The third-order valence-corrected chi connectivity index (χ3v) is 1.86. The number of amides is 2. The molecule has 1 atom stereocenters. The molecule has 0 saturated heterocycles. The third-order valence-electron chi connectivity index (χ3n) is 1.86. The van der Waals surface area contributed by atoms with Gasteiger partial charge in [-0.25, -0.2) is 4.79 Å². The summed E-state index contributed by atoms with van der Waals surface area (Å²) in [5.74, 6) is -3.19. The molecule has 0 spiro atoms. The first kappa shape index (κ1) is 20.0. The number of urea groups is 1. The van der Waals surface area contributed by atoms with E-state index in [-0.39, 0.29) is 12.8 Å². The van der Waals surface area contributed by atoms with Crippen LogP contribution in [-0.2, 0) is 14.4 Å². The van der Waals surface area contributed by atoms with Crippen LogP contribution in [0.1, 0.15) is 25.7 Å². The Kier molecular flexibility index (Phi) is 11.7. The Balaban J connectivity index is 0. The van der Waals surface area contributed by atoms with Gasteiger partial charge in [-0.15, -0.1) is 0 Å². The maximum Gasteiger partial charge on any atom is 0.320 e.